The van der Waals surface area contributed by atoms with Gasteiger partial charge in [0.25, 0.3) is 0 Å². The van der Waals surface area contributed by atoms with E-state index >= 15 is 0 Å². The molecule has 1 N–H and O–H groups in total. The Morgan fingerprint density at radius 2 is 1.91 bits per heavy atom. The van der Waals surface area contributed by atoms with E-state index in [9.17, 15) is 9.59 Å². The largest absolute Gasteiger partial charge is 0.347 e. The van der Waals surface area contributed by atoms with E-state index in [-0.39, 0.29) is 11.6 Å². The lowest BCUT2D eigenvalue weighted by atomic mass is 10.0. The summed E-state index contributed by atoms with van der Waals surface area (Å²) in [6, 6.07) is 12.0. The molecule has 162 valence electrons. The molecule has 4 heterocycles. The molecule has 4 aromatic rings. The van der Waals surface area contributed by atoms with Gasteiger partial charge in [0.1, 0.15) is 11.5 Å². The molecule has 0 radical (unpaired) electrons. The van der Waals surface area contributed by atoms with Crippen molar-refractivity contribution in [1.29, 1.82) is 0 Å². The smallest absolute Gasteiger partial charge is 0.342 e. The number of carbonyl (C=O) groups excluding carboxylic acids is 1. The summed E-state index contributed by atoms with van der Waals surface area (Å²) in [4.78, 5) is 31.2. The second kappa shape index (κ2) is 7.47. The van der Waals surface area contributed by atoms with E-state index in [2.05, 4.69) is 15.2 Å². The average Bonchev–Trinajstić information content (AvgIpc) is 3.20. The molecular weight excluding hydrogens is 404 g/mol. The van der Waals surface area contributed by atoms with E-state index in [0.29, 0.717) is 24.1 Å². The van der Waals surface area contributed by atoms with Gasteiger partial charge in [0.15, 0.2) is 0 Å². The average molecular weight is 428 g/mol. The van der Waals surface area contributed by atoms with Crippen molar-refractivity contribution in [1.82, 2.24) is 29.0 Å². The maximum atomic E-state index is 12.5. The SMILES string of the molecule is O=C(C1CC1)N1CC[C@@H](Cc2n[nH]c(=O)n2-c2ccc(-c3ccn4ccnc4c3)cc2)C1. The van der Waals surface area contributed by atoms with Gasteiger partial charge in [-0.05, 0) is 60.6 Å². The maximum Gasteiger partial charge on any atom is 0.347 e. The Labute approximate surface area is 184 Å². The first-order valence-corrected chi connectivity index (χ1v) is 11.1. The Hall–Kier alpha value is -3.68. The monoisotopic (exact) mass is 428 g/mol. The van der Waals surface area contributed by atoms with Crippen molar-refractivity contribution in [3.05, 3.63) is 71.3 Å². The summed E-state index contributed by atoms with van der Waals surface area (Å²) in [5.74, 6) is 1.60. The number of nitrogens with zero attached hydrogens (tertiary/aromatic N) is 5. The number of likely N-dealkylation sites (tertiary alicyclic amines) is 1. The molecule has 1 aliphatic heterocycles. The van der Waals surface area contributed by atoms with Crippen LogP contribution < -0.4 is 5.69 Å². The summed E-state index contributed by atoms with van der Waals surface area (Å²) < 4.78 is 3.62. The van der Waals surface area contributed by atoms with Gasteiger partial charge in [-0.15, -0.1) is 0 Å². The summed E-state index contributed by atoms with van der Waals surface area (Å²) in [7, 11) is 0. The summed E-state index contributed by atoms with van der Waals surface area (Å²) in [5.41, 5.74) is 3.57. The van der Waals surface area contributed by atoms with Crippen molar-refractivity contribution in [2.24, 2.45) is 11.8 Å². The van der Waals surface area contributed by atoms with Gasteiger partial charge < -0.3 is 9.30 Å². The summed E-state index contributed by atoms with van der Waals surface area (Å²) in [5, 5.41) is 6.89. The molecule has 1 saturated heterocycles. The minimum Gasteiger partial charge on any atom is -0.342 e. The van der Waals surface area contributed by atoms with Crippen LogP contribution in [-0.2, 0) is 11.2 Å². The zero-order valence-corrected chi connectivity index (χ0v) is 17.6. The number of benzene rings is 1. The van der Waals surface area contributed by atoms with Crippen LogP contribution in [0.25, 0.3) is 22.5 Å². The second-order valence-corrected chi connectivity index (χ2v) is 8.85. The van der Waals surface area contributed by atoms with E-state index in [0.717, 1.165) is 54.8 Å². The molecule has 1 aliphatic carbocycles. The van der Waals surface area contributed by atoms with Crippen LogP contribution in [0.5, 0.6) is 0 Å². The summed E-state index contributed by atoms with van der Waals surface area (Å²) in [6.07, 6.45) is 9.37. The van der Waals surface area contributed by atoms with Gasteiger partial charge in [-0.3, -0.25) is 4.79 Å². The molecule has 1 aromatic carbocycles. The van der Waals surface area contributed by atoms with Crippen LogP contribution in [0.15, 0.2) is 59.8 Å². The first-order valence-electron chi connectivity index (χ1n) is 11.1. The molecule has 0 unspecified atom stereocenters. The number of hydrogen-bond donors (Lipinski definition) is 1. The highest BCUT2D eigenvalue weighted by Gasteiger charge is 2.36. The third-order valence-electron chi connectivity index (χ3n) is 6.59. The van der Waals surface area contributed by atoms with Crippen LogP contribution in [0.2, 0.25) is 0 Å². The van der Waals surface area contributed by atoms with E-state index in [1.165, 1.54) is 0 Å². The number of H-pyrrole nitrogens is 1. The fraction of sp³-hybridized carbons (Fsp3) is 0.333. The highest BCUT2D eigenvalue weighted by Crippen LogP contribution is 2.33. The molecule has 8 heteroatoms. The molecule has 6 rings (SSSR count). The lowest BCUT2D eigenvalue weighted by molar-refractivity contribution is -0.131. The van der Waals surface area contributed by atoms with Crippen LogP contribution in [0.1, 0.15) is 25.1 Å². The van der Waals surface area contributed by atoms with Crippen molar-refractivity contribution < 1.29 is 4.79 Å². The van der Waals surface area contributed by atoms with Crippen LogP contribution in [-0.4, -0.2) is 48.0 Å². The molecule has 1 saturated carbocycles. The van der Waals surface area contributed by atoms with Gasteiger partial charge in [0.05, 0.1) is 5.69 Å². The zero-order chi connectivity index (χ0) is 21.7. The molecule has 0 bridgehead atoms. The van der Waals surface area contributed by atoms with Crippen molar-refractivity contribution in [2.75, 3.05) is 13.1 Å². The van der Waals surface area contributed by atoms with Crippen molar-refractivity contribution in [3.63, 3.8) is 0 Å². The number of nitrogens with one attached hydrogen (secondary N) is 1. The fourth-order valence-corrected chi connectivity index (χ4v) is 4.67. The number of fused-ring (bicyclic) bond motifs is 1. The lowest BCUT2D eigenvalue weighted by Gasteiger charge is -2.16. The number of carbonyl (C=O) groups is 1. The van der Waals surface area contributed by atoms with E-state index in [1.807, 2.05) is 58.1 Å². The Morgan fingerprint density at radius 1 is 1.06 bits per heavy atom. The quantitative estimate of drug-likeness (QED) is 0.529. The Balaban J connectivity index is 1.22. The van der Waals surface area contributed by atoms with Gasteiger partial charge in [0.2, 0.25) is 5.91 Å². The minimum atomic E-state index is -0.240. The molecule has 32 heavy (non-hydrogen) atoms. The molecule has 3 aromatic heterocycles. The minimum absolute atomic E-state index is 0.240. The topological polar surface area (TPSA) is 88.3 Å². The second-order valence-electron chi connectivity index (χ2n) is 8.85. The summed E-state index contributed by atoms with van der Waals surface area (Å²) in [6.45, 7) is 1.57. The van der Waals surface area contributed by atoms with Crippen molar-refractivity contribution in [3.8, 4) is 16.8 Å². The predicted molar refractivity (Wildman–Crippen MR) is 119 cm³/mol. The number of hydrogen-bond acceptors (Lipinski definition) is 4. The maximum absolute atomic E-state index is 12.5. The standard InChI is InChI=1S/C24H24N6O2/c31-23(18-1-2-18)29-10-7-16(15-29)13-22-26-27-24(32)30(22)20-5-3-17(4-6-20)19-8-11-28-12-9-25-21(28)14-19/h3-6,8-9,11-12,14,16,18H,1-2,7,10,13,15H2,(H,27,32)/t16-/m0/s1. The lowest BCUT2D eigenvalue weighted by Crippen LogP contribution is -2.30. The number of pyridine rings is 1. The van der Waals surface area contributed by atoms with Crippen LogP contribution in [0, 0.1) is 11.8 Å². The third kappa shape index (κ3) is 3.41. The van der Waals surface area contributed by atoms with Gasteiger partial charge >= 0.3 is 5.69 Å². The number of aromatic amines is 1. The van der Waals surface area contributed by atoms with Crippen molar-refractivity contribution in [2.45, 2.75) is 25.7 Å². The number of rotatable bonds is 5. The van der Waals surface area contributed by atoms with Gasteiger partial charge in [-0.25, -0.2) is 19.4 Å². The highest BCUT2D eigenvalue weighted by atomic mass is 16.2. The van der Waals surface area contributed by atoms with Gasteiger partial charge in [-0.2, -0.15) is 5.10 Å². The highest BCUT2D eigenvalue weighted by molar-refractivity contribution is 5.81. The van der Waals surface area contributed by atoms with Crippen LogP contribution in [0.4, 0.5) is 0 Å². The van der Waals surface area contributed by atoms with Crippen LogP contribution >= 0.6 is 0 Å². The zero-order valence-electron chi connectivity index (χ0n) is 17.6. The summed E-state index contributed by atoms with van der Waals surface area (Å²) >= 11 is 0. The molecule has 0 spiro atoms. The molecule has 2 aliphatic rings. The third-order valence-corrected chi connectivity index (χ3v) is 6.59. The van der Waals surface area contributed by atoms with Crippen molar-refractivity contribution >= 4 is 11.6 Å². The number of aromatic nitrogens is 5. The van der Waals surface area contributed by atoms with E-state index in [4.69, 9.17) is 0 Å². The number of imidazole rings is 1. The van der Waals surface area contributed by atoms with Gasteiger partial charge in [0, 0.05) is 44.0 Å². The predicted octanol–water partition coefficient (Wildman–Crippen LogP) is 2.68. The normalized spacial score (nSPS) is 18.5. The van der Waals surface area contributed by atoms with Gasteiger partial charge in [-0.1, -0.05) is 12.1 Å². The Bertz CT molecular complexity index is 1340. The fourth-order valence-electron chi connectivity index (χ4n) is 4.67. The molecule has 2 fully saturated rings. The molecular formula is C24H24N6O2. The Kier molecular flexibility index (Phi) is 4.45. The Morgan fingerprint density at radius 3 is 2.72 bits per heavy atom. The molecule has 1 amide bonds. The number of amides is 1. The molecule has 8 nitrogen and oxygen atoms in total. The van der Waals surface area contributed by atoms with Crippen LogP contribution in [0.3, 0.4) is 0 Å². The first kappa shape index (κ1) is 19.0. The first-order chi connectivity index (χ1) is 15.7. The van der Waals surface area contributed by atoms with E-state index in [1.54, 1.807) is 10.8 Å². The van der Waals surface area contributed by atoms with E-state index < -0.39 is 0 Å². The molecule has 1 atom stereocenters.